The van der Waals surface area contributed by atoms with E-state index in [4.69, 9.17) is 53.1 Å². The molecule has 0 unspecified atom stereocenters. The Morgan fingerprint density at radius 1 is 0.571 bits per heavy atom. The minimum absolute atomic E-state index is 0.0549. The number of nitrogens with one attached hydrogen (secondary N) is 2. The van der Waals surface area contributed by atoms with Crippen LogP contribution in [0.15, 0.2) is 0 Å². The Morgan fingerprint density at radius 2 is 0.980 bits per heavy atom. The van der Waals surface area contributed by atoms with Crippen molar-refractivity contribution in [2.75, 3.05) is 133 Å². The Labute approximate surface area is 292 Å². The summed E-state index contributed by atoms with van der Waals surface area (Å²) in [4.78, 5) is 35.7. The number of amides is 2. The van der Waals surface area contributed by atoms with E-state index < -0.39 is 11.6 Å². The maximum atomic E-state index is 12.1. The summed E-state index contributed by atoms with van der Waals surface area (Å²) in [6.07, 6.45) is 2.59. The predicted octanol–water partition coefficient (Wildman–Crippen LogP) is 0.618. The lowest BCUT2D eigenvalue weighted by Gasteiger charge is -2.19. The molecule has 4 N–H and O–H groups in total. The number of ether oxygens (including phenoxy) is 10. The van der Waals surface area contributed by atoms with Crippen LogP contribution in [0.2, 0.25) is 0 Å². The van der Waals surface area contributed by atoms with Crippen LogP contribution >= 0.6 is 0 Å². The van der Waals surface area contributed by atoms with Crippen molar-refractivity contribution in [3.8, 4) is 0 Å². The molecule has 0 saturated carbocycles. The molecular formula is C33H65N3O13. The standard InChI is InChI=1S/C33H65N3O13/c1-33(2,3)49-31(38)9-7-11-36-32(39)29(34)8-5-6-10-35-30(37)28-48-27-26-47-25-24-46-23-22-45-21-20-44-19-18-43-17-16-42-15-14-41-13-12-40-4/h29H,5-28,34H2,1-4H3,(H,35,37)(H,36,39)/t29-/m0/s1. The lowest BCUT2D eigenvalue weighted by molar-refractivity contribution is -0.155. The molecule has 0 heterocycles. The molecule has 0 aromatic heterocycles. The summed E-state index contributed by atoms with van der Waals surface area (Å²) in [6, 6.07) is -0.637. The van der Waals surface area contributed by atoms with Crippen molar-refractivity contribution in [3.63, 3.8) is 0 Å². The van der Waals surface area contributed by atoms with Crippen molar-refractivity contribution < 1.29 is 61.8 Å². The molecule has 0 fully saturated rings. The molecule has 0 aliphatic carbocycles. The average Bonchev–Trinajstić information content (AvgIpc) is 3.05. The van der Waals surface area contributed by atoms with Gasteiger partial charge in [-0.15, -0.1) is 0 Å². The summed E-state index contributed by atoms with van der Waals surface area (Å²) in [5, 5.41) is 5.52. The van der Waals surface area contributed by atoms with Gasteiger partial charge in [0.2, 0.25) is 11.8 Å². The first kappa shape index (κ1) is 47.0. The first-order valence-electron chi connectivity index (χ1n) is 17.3. The van der Waals surface area contributed by atoms with Gasteiger partial charge in [0.15, 0.2) is 0 Å². The zero-order valence-electron chi connectivity index (χ0n) is 30.4. The van der Waals surface area contributed by atoms with Crippen LogP contribution in [0.3, 0.4) is 0 Å². The number of carbonyl (C=O) groups is 3. The first-order chi connectivity index (χ1) is 23.7. The van der Waals surface area contributed by atoms with Crippen molar-refractivity contribution in [3.05, 3.63) is 0 Å². The summed E-state index contributed by atoms with van der Waals surface area (Å²) >= 11 is 0. The Hall–Kier alpha value is -1.99. The molecule has 0 saturated heterocycles. The van der Waals surface area contributed by atoms with Crippen LogP contribution in [0.1, 0.15) is 52.9 Å². The monoisotopic (exact) mass is 711 g/mol. The van der Waals surface area contributed by atoms with E-state index in [2.05, 4.69) is 10.6 Å². The molecule has 16 heteroatoms. The topological polar surface area (TPSA) is 194 Å². The van der Waals surface area contributed by atoms with Crippen molar-refractivity contribution in [1.29, 1.82) is 0 Å². The predicted molar refractivity (Wildman–Crippen MR) is 181 cm³/mol. The first-order valence-corrected chi connectivity index (χ1v) is 17.3. The lowest BCUT2D eigenvalue weighted by Crippen LogP contribution is -2.41. The number of carbonyl (C=O) groups excluding carboxylic acids is 3. The molecule has 0 aromatic rings. The highest BCUT2D eigenvalue weighted by atomic mass is 16.6. The van der Waals surface area contributed by atoms with Crippen molar-refractivity contribution in [2.24, 2.45) is 5.73 Å². The molecule has 290 valence electrons. The smallest absolute Gasteiger partial charge is 0.306 e. The Kier molecular flexibility index (Phi) is 33.1. The van der Waals surface area contributed by atoms with Crippen molar-refractivity contribution in [2.45, 2.75) is 64.5 Å². The molecule has 2 amide bonds. The van der Waals surface area contributed by atoms with E-state index in [0.717, 1.165) is 0 Å². The van der Waals surface area contributed by atoms with E-state index in [1.807, 2.05) is 20.8 Å². The zero-order valence-corrected chi connectivity index (χ0v) is 30.4. The molecule has 0 aliphatic heterocycles. The Bertz CT molecular complexity index is 787. The highest BCUT2D eigenvalue weighted by Gasteiger charge is 2.16. The molecular weight excluding hydrogens is 646 g/mol. The number of unbranched alkanes of at least 4 members (excludes halogenated alkanes) is 1. The molecule has 0 aromatic carbocycles. The van der Waals surface area contributed by atoms with Crippen LogP contribution < -0.4 is 16.4 Å². The van der Waals surface area contributed by atoms with Gasteiger partial charge in [-0.1, -0.05) is 0 Å². The van der Waals surface area contributed by atoms with Gasteiger partial charge in [0.25, 0.3) is 0 Å². The summed E-state index contributed by atoms with van der Waals surface area (Å²) in [5.41, 5.74) is 5.41. The lowest BCUT2D eigenvalue weighted by atomic mass is 10.1. The summed E-state index contributed by atoms with van der Waals surface area (Å²) < 4.78 is 53.3. The third-order valence-corrected chi connectivity index (χ3v) is 6.15. The average molecular weight is 712 g/mol. The Morgan fingerprint density at radius 3 is 1.41 bits per heavy atom. The van der Waals surface area contributed by atoms with Crippen LogP contribution in [-0.4, -0.2) is 162 Å². The molecule has 0 radical (unpaired) electrons. The number of methoxy groups -OCH3 is 1. The van der Waals surface area contributed by atoms with E-state index in [1.54, 1.807) is 7.11 Å². The highest BCUT2D eigenvalue weighted by Crippen LogP contribution is 2.09. The second-order valence-electron chi connectivity index (χ2n) is 11.8. The van der Waals surface area contributed by atoms with Gasteiger partial charge < -0.3 is 63.7 Å². The van der Waals surface area contributed by atoms with Crippen LogP contribution in [0, 0.1) is 0 Å². The van der Waals surface area contributed by atoms with Gasteiger partial charge in [-0.05, 0) is 46.5 Å². The molecule has 1 atom stereocenters. The summed E-state index contributed by atoms with van der Waals surface area (Å²) in [7, 11) is 1.64. The fraction of sp³-hybridized carbons (Fsp3) is 0.909. The summed E-state index contributed by atoms with van der Waals surface area (Å²) in [5.74, 6) is -0.763. The highest BCUT2D eigenvalue weighted by molar-refractivity contribution is 5.81. The number of rotatable bonds is 36. The van der Waals surface area contributed by atoms with E-state index in [-0.39, 0.29) is 30.8 Å². The molecule has 49 heavy (non-hydrogen) atoms. The molecule has 0 spiro atoms. The van der Waals surface area contributed by atoms with Gasteiger partial charge >= 0.3 is 5.97 Å². The molecule has 0 bridgehead atoms. The minimum Gasteiger partial charge on any atom is -0.460 e. The maximum absolute atomic E-state index is 12.1. The fourth-order valence-corrected chi connectivity index (χ4v) is 3.71. The number of nitrogens with two attached hydrogens (primary N) is 1. The summed E-state index contributed by atoms with van der Waals surface area (Å²) in [6.45, 7) is 13.8. The minimum atomic E-state index is -0.637. The quantitative estimate of drug-likeness (QED) is 0.0605. The third-order valence-electron chi connectivity index (χ3n) is 6.15. The fourth-order valence-electron chi connectivity index (χ4n) is 3.71. The van der Waals surface area contributed by atoms with Gasteiger partial charge in [-0.2, -0.15) is 0 Å². The second-order valence-corrected chi connectivity index (χ2v) is 11.8. The van der Waals surface area contributed by atoms with Gasteiger partial charge in [0.05, 0.1) is 112 Å². The number of hydrogen-bond donors (Lipinski definition) is 3. The Balaban J connectivity index is 3.34. The van der Waals surface area contributed by atoms with Crippen LogP contribution in [0.25, 0.3) is 0 Å². The number of esters is 1. The number of hydrogen-bond acceptors (Lipinski definition) is 14. The van der Waals surface area contributed by atoms with E-state index in [9.17, 15) is 14.4 Å². The molecule has 0 rings (SSSR count). The van der Waals surface area contributed by atoms with E-state index >= 15 is 0 Å². The molecule has 16 nitrogen and oxygen atoms in total. The van der Waals surface area contributed by atoms with Crippen molar-refractivity contribution in [1.82, 2.24) is 10.6 Å². The maximum Gasteiger partial charge on any atom is 0.306 e. The van der Waals surface area contributed by atoms with Crippen LogP contribution in [-0.2, 0) is 61.8 Å². The van der Waals surface area contributed by atoms with E-state index in [1.165, 1.54) is 0 Å². The van der Waals surface area contributed by atoms with Gasteiger partial charge in [0, 0.05) is 26.6 Å². The second kappa shape index (κ2) is 34.5. The SMILES string of the molecule is COCCOCCOCCOCCOCCOCCOCCOCCOCC(=O)NCCCC[C@H](N)C(=O)NCCCC(=O)OC(C)(C)C. The van der Waals surface area contributed by atoms with Gasteiger partial charge in [0.1, 0.15) is 12.2 Å². The van der Waals surface area contributed by atoms with Gasteiger partial charge in [-0.3, -0.25) is 14.4 Å². The van der Waals surface area contributed by atoms with Crippen molar-refractivity contribution >= 4 is 17.8 Å². The van der Waals surface area contributed by atoms with Crippen LogP contribution in [0.5, 0.6) is 0 Å². The largest absolute Gasteiger partial charge is 0.460 e. The van der Waals surface area contributed by atoms with E-state index in [0.29, 0.717) is 144 Å². The third kappa shape index (κ3) is 37.1. The zero-order chi connectivity index (χ0) is 36.3. The van der Waals surface area contributed by atoms with Gasteiger partial charge in [-0.25, -0.2) is 0 Å². The molecule has 0 aliphatic rings. The van der Waals surface area contributed by atoms with Crippen LogP contribution in [0.4, 0.5) is 0 Å². The normalized spacial score (nSPS) is 12.2.